The average Bonchev–Trinajstić information content (AvgIpc) is 3.51. The van der Waals surface area contributed by atoms with Gasteiger partial charge in [0.05, 0.1) is 42.2 Å². The number of benzene rings is 1. The van der Waals surface area contributed by atoms with Crippen molar-refractivity contribution in [2.45, 2.75) is 26.8 Å². The number of carbonyl (C=O) groups excluding carboxylic acids is 2. The SMILES string of the molecule is CCOC(=O)C1=C(C)N=c2s/c(=C\c3ccc(N(C)C)o3)c(=O)n2[C@@H]1c1ccc(OCC(=O)OC)c(OCC)c1. The number of aromatic nitrogens is 1. The molecule has 1 atom stereocenters. The third-order valence-electron chi connectivity index (χ3n) is 6.00. The number of hydrogen-bond donors (Lipinski definition) is 0. The summed E-state index contributed by atoms with van der Waals surface area (Å²) >= 11 is 1.20. The fourth-order valence-corrected chi connectivity index (χ4v) is 5.20. The lowest BCUT2D eigenvalue weighted by atomic mass is 9.95. The molecular formula is C28H31N3O8S. The summed E-state index contributed by atoms with van der Waals surface area (Å²) in [7, 11) is 4.99. The zero-order chi connectivity index (χ0) is 29.0. The highest BCUT2D eigenvalue weighted by Crippen LogP contribution is 2.36. The minimum atomic E-state index is -0.847. The van der Waals surface area contributed by atoms with Gasteiger partial charge < -0.3 is 28.3 Å². The fraction of sp³-hybridized carbons (Fsp3) is 0.357. The molecule has 1 aliphatic rings. The second kappa shape index (κ2) is 12.2. The van der Waals surface area contributed by atoms with Crippen LogP contribution in [-0.4, -0.2) is 57.5 Å². The molecule has 0 aliphatic carbocycles. The second-order valence-corrected chi connectivity index (χ2v) is 9.89. The van der Waals surface area contributed by atoms with Crippen LogP contribution in [0.15, 0.2) is 55.8 Å². The molecule has 1 aromatic carbocycles. The van der Waals surface area contributed by atoms with E-state index >= 15 is 0 Å². The first-order chi connectivity index (χ1) is 19.2. The molecule has 12 heteroatoms. The van der Waals surface area contributed by atoms with E-state index in [0.29, 0.717) is 50.3 Å². The van der Waals surface area contributed by atoms with Gasteiger partial charge in [-0.05, 0) is 44.5 Å². The first-order valence-electron chi connectivity index (χ1n) is 12.6. The van der Waals surface area contributed by atoms with Gasteiger partial charge >= 0.3 is 11.9 Å². The highest BCUT2D eigenvalue weighted by molar-refractivity contribution is 7.07. The Bertz CT molecular complexity index is 1630. The molecule has 4 rings (SSSR count). The van der Waals surface area contributed by atoms with E-state index in [2.05, 4.69) is 9.73 Å². The molecule has 0 bridgehead atoms. The monoisotopic (exact) mass is 569 g/mol. The first-order valence-corrected chi connectivity index (χ1v) is 13.4. The average molecular weight is 570 g/mol. The number of hydrogen-bond acceptors (Lipinski definition) is 11. The van der Waals surface area contributed by atoms with Crippen molar-refractivity contribution in [2.24, 2.45) is 4.99 Å². The van der Waals surface area contributed by atoms with Gasteiger partial charge in [0.15, 0.2) is 28.8 Å². The summed E-state index contributed by atoms with van der Waals surface area (Å²) in [6.07, 6.45) is 1.66. The van der Waals surface area contributed by atoms with Crippen molar-refractivity contribution in [1.82, 2.24) is 4.57 Å². The molecule has 0 N–H and O–H groups in total. The third kappa shape index (κ3) is 5.81. The zero-order valence-corrected chi connectivity index (χ0v) is 24.0. The van der Waals surface area contributed by atoms with Gasteiger partial charge in [0, 0.05) is 26.2 Å². The van der Waals surface area contributed by atoms with Crippen LogP contribution in [0.3, 0.4) is 0 Å². The summed E-state index contributed by atoms with van der Waals surface area (Å²) in [5.74, 6) is 0.699. The summed E-state index contributed by atoms with van der Waals surface area (Å²) in [6.45, 7) is 5.40. The smallest absolute Gasteiger partial charge is 0.343 e. The lowest BCUT2D eigenvalue weighted by Crippen LogP contribution is -2.40. The quantitative estimate of drug-likeness (QED) is 0.339. The number of nitrogens with zero attached hydrogens (tertiary/aromatic N) is 3. The molecule has 0 saturated carbocycles. The van der Waals surface area contributed by atoms with Gasteiger partial charge in [-0.15, -0.1) is 0 Å². The van der Waals surface area contributed by atoms with Gasteiger partial charge in [0.25, 0.3) is 5.56 Å². The van der Waals surface area contributed by atoms with Crippen molar-refractivity contribution in [3.8, 4) is 11.5 Å². The normalized spacial score (nSPS) is 14.8. The van der Waals surface area contributed by atoms with Crippen LogP contribution in [-0.2, 0) is 19.1 Å². The van der Waals surface area contributed by atoms with Gasteiger partial charge in [-0.1, -0.05) is 17.4 Å². The van der Waals surface area contributed by atoms with E-state index in [0.717, 1.165) is 0 Å². The number of methoxy groups -OCH3 is 1. The van der Waals surface area contributed by atoms with Crippen LogP contribution in [0.5, 0.6) is 11.5 Å². The number of thiazole rings is 1. The van der Waals surface area contributed by atoms with Crippen molar-refractivity contribution in [3.05, 3.63) is 72.6 Å². The van der Waals surface area contributed by atoms with Gasteiger partial charge in [-0.2, -0.15) is 0 Å². The van der Waals surface area contributed by atoms with Crippen LogP contribution in [0.25, 0.3) is 6.08 Å². The van der Waals surface area contributed by atoms with E-state index in [4.69, 9.17) is 18.6 Å². The summed E-state index contributed by atoms with van der Waals surface area (Å²) < 4.78 is 29.1. The maximum absolute atomic E-state index is 13.8. The van der Waals surface area contributed by atoms with Gasteiger partial charge in [0.1, 0.15) is 5.76 Å². The number of rotatable bonds is 10. The minimum absolute atomic E-state index is 0.157. The van der Waals surface area contributed by atoms with Crippen LogP contribution >= 0.6 is 11.3 Å². The first kappa shape index (κ1) is 28.7. The molecule has 2 aromatic heterocycles. The molecule has 3 heterocycles. The van der Waals surface area contributed by atoms with Crippen LogP contribution in [0, 0.1) is 0 Å². The number of allylic oxidation sites excluding steroid dienone is 1. The highest BCUT2D eigenvalue weighted by atomic mass is 32.1. The Kier molecular flexibility index (Phi) is 8.78. The number of furan rings is 1. The molecule has 1 aliphatic heterocycles. The maximum atomic E-state index is 13.8. The minimum Gasteiger partial charge on any atom is -0.490 e. The Morgan fingerprint density at radius 3 is 2.55 bits per heavy atom. The fourth-order valence-electron chi connectivity index (χ4n) is 4.17. The molecule has 212 valence electrons. The lowest BCUT2D eigenvalue weighted by molar-refractivity contribution is -0.143. The topological polar surface area (TPSA) is 122 Å². The van der Waals surface area contributed by atoms with Crippen molar-refractivity contribution < 1.29 is 33.0 Å². The molecule has 0 fully saturated rings. The van der Waals surface area contributed by atoms with E-state index in [1.807, 2.05) is 32.0 Å². The Labute approximate surface area is 234 Å². The molecule has 11 nitrogen and oxygen atoms in total. The molecule has 0 radical (unpaired) electrons. The molecule has 0 spiro atoms. The molecular weight excluding hydrogens is 538 g/mol. The maximum Gasteiger partial charge on any atom is 0.343 e. The molecule has 40 heavy (non-hydrogen) atoms. The Hall–Kier alpha value is -4.32. The number of carbonyl (C=O) groups is 2. The van der Waals surface area contributed by atoms with E-state index in [9.17, 15) is 14.4 Å². The summed E-state index contributed by atoms with van der Waals surface area (Å²) in [6, 6.07) is 7.77. The Morgan fingerprint density at radius 2 is 1.90 bits per heavy atom. The van der Waals surface area contributed by atoms with E-state index in [1.54, 1.807) is 44.2 Å². The van der Waals surface area contributed by atoms with E-state index in [-0.39, 0.29) is 24.3 Å². The summed E-state index contributed by atoms with van der Waals surface area (Å²) in [5, 5.41) is 0. The van der Waals surface area contributed by atoms with Gasteiger partial charge in [-0.25, -0.2) is 14.6 Å². The predicted molar refractivity (Wildman–Crippen MR) is 149 cm³/mol. The van der Waals surface area contributed by atoms with Gasteiger partial charge in [0.2, 0.25) is 0 Å². The van der Waals surface area contributed by atoms with Crippen LogP contribution in [0.2, 0.25) is 0 Å². The molecule has 0 saturated heterocycles. The van der Waals surface area contributed by atoms with Crippen molar-refractivity contribution in [3.63, 3.8) is 0 Å². The number of anilines is 1. The number of fused-ring (bicyclic) bond motifs is 1. The molecule has 3 aromatic rings. The van der Waals surface area contributed by atoms with Crippen LogP contribution in [0.1, 0.15) is 38.1 Å². The largest absolute Gasteiger partial charge is 0.490 e. The Morgan fingerprint density at radius 1 is 1.12 bits per heavy atom. The van der Waals surface area contributed by atoms with Crippen LogP contribution < -0.4 is 29.3 Å². The summed E-state index contributed by atoms with van der Waals surface area (Å²) in [4.78, 5) is 45.5. The van der Waals surface area contributed by atoms with Crippen LogP contribution in [0.4, 0.5) is 5.88 Å². The second-order valence-electron chi connectivity index (χ2n) is 8.88. The highest BCUT2D eigenvalue weighted by Gasteiger charge is 2.34. The van der Waals surface area contributed by atoms with Crippen molar-refractivity contribution in [1.29, 1.82) is 0 Å². The lowest BCUT2D eigenvalue weighted by Gasteiger charge is -2.25. The Balaban J connectivity index is 1.88. The number of esters is 2. The summed E-state index contributed by atoms with van der Waals surface area (Å²) in [5.41, 5.74) is 0.911. The van der Waals surface area contributed by atoms with Gasteiger partial charge in [-0.3, -0.25) is 9.36 Å². The number of ether oxygens (including phenoxy) is 4. The zero-order valence-electron chi connectivity index (χ0n) is 23.2. The van der Waals surface area contributed by atoms with Crippen molar-refractivity contribution in [2.75, 3.05) is 45.9 Å². The third-order valence-corrected chi connectivity index (χ3v) is 6.98. The predicted octanol–water partition coefficient (Wildman–Crippen LogP) is 2.41. The van der Waals surface area contributed by atoms with E-state index < -0.39 is 18.0 Å². The standard InChI is InChI=1S/C28H31N3O8S/c1-7-36-20-13-17(9-11-19(20)38-15-23(32)35-6)25-24(27(34)37-8-2)16(3)29-28-31(25)26(33)21(40-28)14-18-10-12-22(39-18)30(4)5/h9-14,25H,7-8,15H2,1-6H3/b21-14-/t25-/m1/s1. The van der Waals surface area contributed by atoms with E-state index in [1.165, 1.54) is 23.0 Å². The molecule has 0 amide bonds. The van der Waals surface area contributed by atoms with Crippen molar-refractivity contribution >= 4 is 35.2 Å². The molecule has 0 unspecified atom stereocenters.